The molecule has 3 N–H and O–H groups in total. The lowest BCUT2D eigenvalue weighted by Crippen LogP contribution is -2.19. The molecule has 0 atom stereocenters. The van der Waals surface area contributed by atoms with Crippen molar-refractivity contribution in [3.63, 3.8) is 0 Å². The first kappa shape index (κ1) is 14.8. The molecular weight excluding hydrogens is 279 g/mol. The van der Waals surface area contributed by atoms with Crippen molar-refractivity contribution in [2.24, 2.45) is 5.73 Å². The Balaban J connectivity index is 2.40. The highest BCUT2D eigenvalue weighted by atomic mass is 32.2. The molecule has 5 nitrogen and oxygen atoms in total. The minimum atomic E-state index is -0.283. The standard InChI is InChI=1S/C13H17FN4OS/c1-8(2)18-12(19)16-17-13(18)20-11-5-3-4-10(14)9(11)6-7-15/h3-5,8H,6-7,15H2,1-2H3,(H,16,19). The molecule has 0 aliphatic rings. The zero-order chi connectivity index (χ0) is 14.7. The Kier molecular flexibility index (Phi) is 4.61. The lowest BCUT2D eigenvalue weighted by atomic mass is 10.1. The van der Waals surface area contributed by atoms with Gasteiger partial charge in [-0.15, -0.1) is 5.10 Å². The maximum Gasteiger partial charge on any atom is 0.344 e. The summed E-state index contributed by atoms with van der Waals surface area (Å²) in [5.41, 5.74) is 5.82. The van der Waals surface area contributed by atoms with Gasteiger partial charge in [0.25, 0.3) is 0 Å². The van der Waals surface area contributed by atoms with Crippen LogP contribution in [-0.2, 0) is 6.42 Å². The smallest absolute Gasteiger partial charge is 0.330 e. The lowest BCUT2D eigenvalue weighted by Gasteiger charge is -2.11. The highest BCUT2D eigenvalue weighted by Gasteiger charge is 2.15. The minimum absolute atomic E-state index is 0.0183. The number of nitrogens with two attached hydrogens (primary N) is 1. The van der Waals surface area contributed by atoms with Crippen LogP contribution in [0.5, 0.6) is 0 Å². The first-order chi connectivity index (χ1) is 9.54. The van der Waals surface area contributed by atoms with Crippen molar-refractivity contribution in [2.45, 2.75) is 36.4 Å². The summed E-state index contributed by atoms with van der Waals surface area (Å²) >= 11 is 1.27. The largest absolute Gasteiger partial charge is 0.344 e. The summed E-state index contributed by atoms with van der Waals surface area (Å²) in [6, 6.07) is 4.84. The molecular formula is C13H17FN4OS. The number of benzene rings is 1. The Morgan fingerprint density at radius 2 is 2.25 bits per heavy atom. The van der Waals surface area contributed by atoms with E-state index >= 15 is 0 Å². The van der Waals surface area contributed by atoms with Crippen LogP contribution in [0.15, 0.2) is 33.0 Å². The number of aromatic nitrogens is 3. The van der Waals surface area contributed by atoms with Crippen LogP contribution in [0.3, 0.4) is 0 Å². The first-order valence-electron chi connectivity index (χ1n) is 6.36. The van der Waals surface area contributed by atoms with E-state index in [1.165, 1.54) is 17.8 Å². The van der Waals surface area contributed by atoms with E-state index in [4.69, 9.17) is 5.73 Å². The van der Waals surface area contributed by atoms with Gasteiger partial charge in [0, 0.05) is 16.5 Å². The van der Waals surface area contributed by atoms with Crippen molar-refractivity contribution in [3.8, 4) is 0 Å². The summed E-state index contributed by atoms with van der Waals surface area (Å²) < 4.78 is 15.4. The van der Waals surface area contributed by atoms with Crippen LogP contribution in [0.25, 0.3) is 0 Å². The van der Waals surface area contributed by atoms with Crippen LogP contribution in [-0.4, -0.2) is 21.3 Å². The molecule has 0 amide bonds. The molecule has 7 heteroatoms. The van der Waals surface area contributed by atoms with Crippen LogP contribution in [0.1, 0.15) is 25.5 Å². The van der Waals surface area contributed by atoms with Crippen LogP contribution in [0.4, 0.5) is 4.39 Å². The van der Waals surface area contributed by atoms with Crippen molar-refractivity contribution < 1.29 is 4.39 Å². The van der Waals surface area contributed by atoms with E-state index in [9.17, 15) is 9.18 Å². The zero-order valence-electron chi connectivity index (χ0n) is 11.4. The molecule has 1 aromatic carbocycles. The summed E-state index contributed by atoms with van der Waals surface area (Å²) in [5, 5.41) is 6.94. The Morgan fingerprint density at radius 3 is 2.90 bits per heavy atom. The third-order valence-electron chi connectivity index (χ3n) is 2.86. The number of halogens is 1. The number of H-pyrrole nitrogens is 1. The average molecular weight is 296 g/mol. The van der Waals surface area contributed by atoms with E-state index < -0.39 is 0 Å². The quantitative estimate of drug-likeness (QED) is 0.884. The van der Waals surface area contributed by atoms with Gasteiger partial charge in [0.1, 0.15) is 5.82 Å². The van der Waals surface area contributed by atoms with Crippen molar-refractivity contribution in [3.05, 3.63) is 40.1 Å². The molecule has 1 heterocycles. The van der Waals surface area contributed by atoms with Crippen molar-refractivity contribution in [2.75, 3.05) is 6.54 Å². The van der Waals surface area contributed by atoms with Gasteiger partial charge in [0.05, 0.1) is 0 Å². The van der Waals surface area contributed by atoms with Gasteiger partial charge in [-0.25, -0.2) is 14.3 Å². The Morgan fingerprint density at radius 1 is 1.50 bits per heavy atom. The number of aromatic amines is 1. The van der Waals surface area contributed by atoms with Gasteiger partial charge < -0.3 is 5.73 Å². The normalized spacial score (nSPS) is 11.2. The summed E-state index contributed by atoms with van der Waals surface area (Å²) in [7, 11) is 0. The van der Waals surface area contributed by atoms with E-state index in [0.29, 0.717) is 23.7 Å². The van der Waals surface area contributed by atoms with Gasteiger partial charge in [0.15, 0.2) is 5.16 Å². The summed E-state index contributed by atoms with van der Waals surface area (Å²) in [6.07, 6.45) is 0.450. The topological polar surface area (TPSA) is 76.7 Å². The van der Waals surface area contributed by atoms with Crippen LogP contribution in [0, 0.1) is 5.82 Å². The lowest BCUT2D eigenvalue weighted by molar-refractivity contribution is 0.534. The predicted molar refractivity (Wildman–Crippen MR) is 76.5 cm³/mol. The van der Waals surface area contributed by atoms with Gasteiger partial charge in [0.2, 0.25) is 0 Å². The highest BCUT2D eigenvalue weighted by molar-refractivity contribution is 7.99. The molecule has 2 rings (SSSR count). The molecule has 108 valence electrons. The van der Waals surface area contributed by atoms with E-state index in [0.717, 1.165) is 4.90 Å². The van der Waals surface area contributed by atoms with Gasteiger partial charge in [-0.2, -0.15) is 0 Å². The summed E-state index contributed by atoms with van der Waals surface area (Å²) in [5.74, 6) is -0.283. The van der Waals surface area contributed by atoms with Gasteiger partial charge in [-0.1, -0.05) is 6.07 Å². The molecule has 0 aliphatic heterocycles. The predicted octanol–water partition coefficient (Wildman–Crippen LogP) is 1.94. The van der Waals surface area contributed by atoms with Gasteiger partial charge in [-0.3, -0.25) is 4.57 Å². The second-order valence-electron chi connectivity index (χ2n) is 4.63. The third kappa shape index (κ3) is 2.94. The highest BCUT2D eigenvalue weighted by Crippen LogP contribution is 2.31. The molecule has 0 saturated heterocycles. The molecule has 0 unspecified atom stereocenters. The van der Waals surface area contributed by atoms with Crippen LogP contribution >= 0.6 is 11.8 Å². The first-order valence-corrected chi connectivity index (χ1v) is 7.18. The molecule has 2 aromatic rings. The second-order valence-corrected chi connectivity index (χ2v) is 5.64. The van der Waals surface area contributed by atoms with Crippen molar-refractivity contribution >= 4 is 11.8 Å². The fourth-order valence-corrected chi connectivity index (χ4v) is 3.09. The van der Waals surface area contributed by atoms with Gasteiger partial charge >= 0.3 is 5.69 Å². The molecule has 0 spiro atoms. The molecule has 1 aromatic heterocycles. The van der Waals surface area contributed by atoms with E-state index in [1.807, 2.05) is 19.9 Å². The molecule has 0 bridgehead atoms. The molecule has 20 heavy (non-hydrogen) atoms. The van der Waals surface area contributed by atoms with E-state index in [2.05, 4.69) is 10.2 Å². The zero-order valence-corrected chi connectivity index (χ0v) is 12.2. The molecule has 0 radical (unpaired) electrons. The van der Waals surface area contributed by atoms with Crippen LogP contribution in [0.2, 0.25) is 0 Å². The maximum atomic E-state index is 13.8. The second kappa shape index (κ2) is 6.23. The number of hydrogen-bond acceptors (Lipinski definition) is 4. The van der Waals surface area contributed by atoms with E-state index in [-0.39, 0.29) is 17.5 Å². The van der Waals surface area contributed by atoms with E-state index in [1.54, 1.807) is 10.6 Å². The fraction of sp³-hybridized carbons (Fsp3) is 0.385. The SMILES string of the molecule is CC(C)n1c(Sc2cccc(F)c2CCN)n[nH]c1=O. The molecule has 0 aliphatic carbocycles. The summed E-state index contributed by atoms with van der Waals surface area (Å²) in [6.45, 7) is 4.16. The summed E-state index contributed by atoms with van der Waals surface area (Å²) in [4.78, 5) is 12.4. The number of nitrogens with one attached hydrogen (secondary N) is 1. The number of hydrogen-bond donors (Lipinski definition) is 2. The Hall–Kier alpha value is -1.60. The number of nitrogens with zero attached hydrogens (tertiary/aromatic N) is 2. The number of rotatable bonds is 5. The monoisotopic (exact) mass is 296 g/mol. The Bertz CT molecular complexity index is 650. The van der Waals surface area contributed by atoms with Gasteiger partial charge in [-0.05, 0) is 50.7 Å². The third-order valence-corrected chi connectivity index (χ3v) is 3.93. The minimum Gasteiger partial charge on any atom is -0.330 e. The molecule has 0 saturated carbocycles. The average Bonchev–Trinajstić information content (AvgIpc) is 2.75. The van der Waals surface area contributed by atoms with Crippen molar-refractivity contribution in [1.29, 1.82) is 0 Å². The fourth-order valence-electron chi connectivity index (χ4n) is 1.94. The Labute approximate surface area is 120 Å². The molecule has 0 fully saturated rings. The van der Waals surface area contributed by atoms with Crippen LogP contribution < -0.4 is 11.4 Å². The maximum absolute atomic E-state index is 13.8. The van der Waals surface area contributed by atoms with Crippen molar-refractivity contribution in [1.82, 2.24) is 14.8 Å².